The first-order valence-electron chi connectivity index (χ1n) is 6.58. The van der Waals surface area contributed by atoms with Gasteiger partial charge in [-0.05, 0) is 51.0 Å². The molecule has 0 spiro atoms. The van der Waals surface area contributed by atoms with E-state index >= 15 is 0 Å². The zero-order valence-corrected chi connectivity index (χ0v) is 13.2. The summed E-state index contributed by atoms with van der Waals surface area (Å²) in [5.41, 5.74) is 0. The standard InChI is InChI=1S/C13H19NO4S2/c1-10-4-3-5-11(2)14(10)20(17,18)13-8-6-12(7-9-13)19(15)16/h6-11H,3-5H2,1-2H3,(H,15,16). The smallest absolute Gasteiger partial charge is 0.243 e. The Morgan fingerprint density at radius 2 is 1.65 bits per heavy atom. The van der Waals surface area contributed by atoms with Crippen LogP contribution in [0, 0.1) is 0 Å². The molecule has 112 valence electrons. The van der Waals surface area contributed by atoms with Crippen LogP contribution in [0.5, 0.6) is 0 Å². The van der Waals surface area contributed by atoms with Crippen molar-refractivity contribution in [2.24, 2.45) is 0 Å². The summed E-state index contributed by atoms with van der Waals surface area (Å²) in [6.07, 6.45) is 2.77. The van der Waals surface area contributed by atoms with Gasteiger partial charge in [0.15, 0.2) is 11.1 Å². The van der Waals surface area contributed by atoms with Gasteiger partial charge in [0.1, 0.15) is 0 Å². The molecule has 1 fully saturated rings. The van der Waals surface area contributed by atoms with E-state index in [0.717, 1.165) is 19.3 Å². The van der Waals surface area contributed by atoms with Gasteiger partial charge in [0, 0.05) is 12.1 Å². The number of rotatable bonds is 3. The highest BCUT2D eigenvalue weighted by atomic mass is 32.2. The van der Waals surface area contributed by atoms with Crippen LogP contribution in [0.4, 0.5) is 0 Å². The normalized spacial score (nSPS) is 26.4. The predicted octanol–water partition coefficient (Wildman–Crippen LogP) is 2.22. The Balaban J connectivity index is 2.36. The van der Waals surface area contributed by atoms with Crippen molar-refractivity contribution in [1.82, 2.24) is 4.31 Å². The van der Waals surface area contributed by atoms with Crippen LogP contribution in [0.2, 0.25) is 0 Å². The lowest BCUT2D eigenvalue weighted by atomic mass is 10.0. The van der Waals surface area contributed by atoms with Crippen LogP contribution in [0.3, 0.4) is 0 Å². The van der Waals surface area contributed by atoms with Crippen molar-refractivity contribution < 1.29 is 17.2 Å². The lowest BCUT2D eigenvalue weighted by molar-refractivity contribution is 0.204. The molecule has 1 heterocycles. The molecule has 1 N–H and O–H groups in total. The van der Waals surface area contributed by atoms with E-state index in [1.807, 2.05) is 13.8 Å². The Morgan fingerprint density at radius 3 is 2.10 bits per heavy atom. The molecule has 1 saturated heterocycles. The molecule has 1 aromatic carbocycles. The third-order valence-corrected chi connectivity index (χ3v) is 6.53. The largest absolute Gasteiger partial charge is 0.302 e. The van der Waals surface area contributed by atoms with Gasteiger partial charge in [-0.1, -0.05) is 6.42 Å². The van der Waals surface area contributed by atoms with Crippen LogP contribution in [0.15, 0.2) is 34.1 Å². The molecule has 0 aromatic heterocycles. The maximum Gasteiger partial charge on any atom is 0.243 e. The van der Waals surface area contributed by atoms with E-state index in [1.54, 1.807) is 4.31 Å². The van der Waals surface area contributed by atoms with Gasteiger partial charge in [0.25, 0.3) is 0 Å². The minimum absolute atomic E-state index is 0.0181. The molecule has 5 nitrogen and oxygen atoms in total. The zero-order valence-electron chi connectivity index (χ0n) is 11.5. The SMILES string of the molecule is CC1CCCC(C)N1S(=O)(=O)c1ccc(S(=O)O)cc1. The maximum absolute atomic E-state index is 12.7. The molecule has 3 unspecified atom stereocenters. The minimum atomic E-state index is -3.55. The second-order valence-corrected chi connectivity index (χ2v) is 8.00. The molecule has 0 radical (unpaired) electrons. The van der Waals surface area contributed by atoms with Gasteiger partial charge >= 0.3 is 0 Å². The second kappa shape index (κ2) is 5.93. The van der Waals surface area contributed by atoms with Gasteiger partial charge in [0.05, 0.1) is 9.79 Å². The highest BCUT2D eigenvalue weighted by molar-refractivity contribution is 7.89. The van der Waals surface area contributed by atoms with Crippen molar-refractivity contribution in [3.63, 3.8) is 0 Å². The third-order valence-electron chi connectivity index (χ3n) is 3.71. The average Bonchev–Trinajstić information content (AvgIpc) is 2.38. The number of nitrogens with zero attached hydrogens (tertiary/aromatic N) is 1. The minimum Gasteiger partial charge on any atom is -0.302 e. The molecule has 2 rings (SSSR count). The Morgan fingerprint density at radius 1 is 1.15 bits per heavy atom. The molecule has 0 aliphatic carbocycles. The topological polar surface area (TPSA) is 74.7 Å². The molecule has 1 aliphatic rings. The monoisotopic (exact) mass is 317 g/mol. The van der Waals surface area contributed by atoms with Crippen LogP contribution in [-0.4, -0.2) is 33.6 Å². The van der Waals surface area contributed by atoms with Crippen molar-refractivity contribution in [3.8, 4) is 0 Å². The highest BCUT2D eigenvalue weighted by Gasteiger charge is 2.35. The predicted molar refractivity (Wildman–Crippen MR) is 77.3 cm³/mol. The first kappa shape index (κ1) is 15.6. The summed E-state index contributed by atoms with van der Waals surface area (Å²) in [5.74, 6) is 0. The Bertz CT molecular complexity index is 587. The summed E-state index contributed by atoms with van der Waals surface area (Å²) >= 11 is -2.09. The summed E-state index contributed by atoms with van der Waals surface area (Å²) in [6.45, 7) is 3.84. The lowest BCUT2D eigenvalue weighted by Gasteiger charge is -2.37. The number of hydrogen-bond acceptors (Lipinski definition) is 3. The maximum atomic E-state index is 12.7. The summed E-state index contributed by atoms with van der Waals surface area (Å²) in [5, 5.41) is 0. The number of hydrogen-bond donors (Lipinski definition) is 1. The van der Waals surface area contributed by atoms with Crippen molar-refractivity contribution in [1.29, 1.82) is 0 Å². The van der Waals surface area contributed by atoms with E-state index in [1.165, 1.54) is 24.3 Å². The molecule has 7 heteroatoms. The number of benzene rings is 1. The first-order valence-corrected chi connectivity index (χ1v) is 9.13. The van der Waals surface area contributed by atoms with Crippen molar-refractivity contribution in [3.05, 3.63) is 24.3 Å². The van der Waals surface area contributed by atoms with E-state index < -0.39 is 21.1 Å². The third kappa shape index (κ3) is 2.95. The Labute approximate surface area is 122 Å². The summed E-state index contributed by atoms with van der Waals surface area (Å²) in [6, 6.07) is 5.51. The van der Waals surface area contributed by atoms with E-state index in [2.05, 4.69) is 0 Å². The number of sulfonamides is 1. The quantitative estimate of drug-likeness (QED) is 0.867. The van der Waals surface area contributed by atoms with Crippen molar-refractivity contribution >= 4 is 21.1 Å². The molecule has 20 heavy (non-hydrogen) atoms. The number of piperidine rings is 1. The fourth-order valence-electron chi connectivity index (χ4n) is 2.72. The van der Waals surface area contributed by atoms with Gasteiger partial charge < -0.3 is 4.55 Å². The van der Waals surface area contributed by atoms with E-state index in [0.29, 0.717) is 0 Å². The molecule has 0 amide bonds. The Kier molecular flexibility index (Phi) is 4.63. The highest BCUT2D eigenvalue weighted by Crippen LogP contribution is 2.29. The van der Waals surface area contributed by atoms with Crippen molar-refractivity contribution in [2.75, 3.05) is 0 Å². The summed E-state index contributed by atoms with van der Waals surface area (Å²) < 4.78 is 46.8. The molecule has 3 atom stereocenters. The van der Waals surface area contributed by atoms with Gasteiger partial charge in [-0.25, -0.2) is 12.6 Å². The van der Waals surface area contributed by atoms with Crippen LogP contribution in [0.1, 0.15) is 33.1 Å². The van der Waals surface area contributed by atoms with Crippen molar-refractivity contribution in [2.45, 2.75) is 55.0 Å². The Hall–Kier alpha value is -0.760. The van der Waals surface area contributed by atoms with E-state index in [4.69, 9.17) is 4.55 Å². The van der Waals surface area contributed by atoms with Gasteiger partial charge in [-0.2, -0.15) is 4.31 Å². The van der Waals surface area contributed by atoms with Crippen LogP contribution >= 0.6 is 0 Å². The van der Waals surface area contributed by atoms with Gasteiger partial charge in [-0.3, -0.25) is 0 Å². The fraction of sp³-hybridized carbons (Fsp3) is 0.538. The molecular weight excluding hydrogens is 298 g/mol. The lowest BCUT2D eigenvalue weighted by Crippen LogP contribution is -2.47. The van der Waals surface area contributed by atoms with Gasteiger partial charge in [-0.15, -0.1) is 0 Å². The van der Waals surface area contributed by atoms with Crippen LogP contribution in [-0.2, 0) is 21.1 Å². The van der Waals surface area contributed by atoms with E-state index in [-0.39, 0.29) is 21.9 Å². The fourth-order valence-corrected chi connectivity index (χ4v) is 4.97. The first-order chi connectivity index (χ1) is 9.34. The van der Waals surface area contributed by atoms with Crippen LogP contribution < -0.4 is 0 Å². The molecular formula is C13H19NO4S2. The zero-order chi connectivity index (χ0) is 14.9. The van der Waals surface area contributed by atoms with E-state index in [9.17, 15) is 12.6 Å². The average molecular weight is 317 g/mol. The molecule has 0 bridgehead atoms. The second-order valence-electron chi connectivity index (χ2n) is 5.18. The van der Waals surface area contributed by atoms with Gasteiger partial charge in [0.2, 0.25) is 10.0 Å². The molecule has 1 aromatic rings. The summed E-state index contributed by atoms with van der Waals surface area (Å²) in [4.78, 5) is 0.371. The molecule has 1 aliphatic heterocycles. The molecule has 0 saturated carbocycles. The summed E-state index contributed by atoms with van der Waals surface area (Å²) in [7, 11) is -3.55. The van der Waals surface area contributed by atoms with Crippen LogP contribution in [0.25, 0.3) is 0 Å².